The fourth-order valence-electron chi connectivity index (χ4n) is 2.95. The number of benzene rings is 1. The number of thiophene rings is 1. The number of hydrogen-bond donors (Lipinski definition) is 2. The van der Waals surface area contributed by atoms with Crippen molar-refractivity contribution in [3.05, 3.63) is 53.2 Å². The number of carbonyl (C=O) groups is 1. The molecule has 0 aliphatic carbocycles. The summed E-state index contributed by atoms with van der Waals surface area (Å²) in [6.45, 7) is 4.55. The van der Waals surface area contributed by atoms with Crippen LogP contribution in [-0.4, -0.2) is 37.9 Å². The molecule has 0 aliphatic heterocycles. The van der Waals surface area contributed by atoms with E-state index in [1.807, 2.05) is 36.0 Å². The molecule has 0 fully saturated rings. The van der Waals surface area contributed by atoms with Gasteiger partial charge in [-0.3, -0.25) is 10.00 Å². The molecule has 2 aromatic heterocycles. The lowest BCUT2D eigenvalue weighted by Gasteiger charge is -2.09. The topological polar surface area (TPSA) is 102 Å². The van der Waals surface area contributed by atoms with Crippen LogP contribution in [0, 0.1) is 13.8 Å². The van der Waals surface area contributed by atoms with Crippen LogP contribution in [0.5, 0.6) is 0 Å². The third-order valence-corrected chi connectivity index (χ3v) is 6.73. The van der Waals surface area contributed by atoms with Crippen LogP contribution in [0.25, 0.3) is 10.4 Å². The lowest BCUT2D eigenvalue weighted by Crippen LogP contribution is -2.28. The maximum Gasteiger partial charge on any atom is 0.411 e. The van der Waals surface area contributed by atoms with Crippen LogP contribution in [-0.2, 0) is 21.3 Å². The van der Waals surface area contributed by atoms with Gasteiger partial charge in [-0.15, -0.1) is 11.3 Å². The van der Waals surface area contributed by atoms with Gasteiger partial charge in [-0.25, -0.2) is 17.9 Å². The summed E-state index contributed by atoms with van der Waals surface area (Å²) in [7, 11) is -2.42. The van der Waals surface area contributed by atoms with Crippen molar-refractivity contribution >= 4 is 33.1 Å². The zero-order chi connectivity index (χ0) is 21.0. The molecule has 8 nitrogen and oxygen atoms in total. The minimum absolute atomic E-state index is 0.112. The van der Waals surface area contributed by atoms with Crippen molar-refractivity contribution in [1.29, 1.82) is 0 Å². The second-order valence-electron chi connectivity index (χ2n) is 6.28. The SMILES string of the molecule is COC(=O)Nc1ccc(S(=O)(=O)NCCn2nc(C)c(-c3cccs3)c2C)cc1. The van der Waals surface area contributed by atoms with Gasteiger partial charge in [-0.2, -0.15) is 5.10 Å². The summed E-state index contributed by atoms with van der Waals surface area (Å²) in [5.74, 6) is 0. The zero-order valence-corrected chi connectivity index (χ0v) is 17.9. The molecule has 2 heterocycles. The molecule has 2 N–H and O–H groups in total. The van der Waals surface area contributed by atoms with Crippen molar-refractivity contribution in [1.82, 2.24) is 14.5 Å². The molecule has 3 rings (SSSR count). The molecule has 0 aliphatic rings. The number of methoxy groups -OCH3 is 1. The van der Waals surface area contributed by atoms with Crippen LogP contribution in [0.2, 0.25) is 0 Å². The van der Waals surface area contributed by atoms with E-state index in [1.54, 1.807) is 11.3 Å². The summed E-state index contributed by atoms with van der Waals surface area (Å²) in [6.07, 6.45) is -0.620. The Morgan fingerprint density at radius 3 is 2.55 bits per heavy atom. The van der Waals surface area contributed by atoms with E-state index in [1.165, 1.54) is 31.4 Å². The number of anilines is 1. The molecule has 1 amide bonds. The number of nitrogens with one attached hydrogen (secondary N) is 2. The number of rotatable bonds is 7. The quantitative estimate of drug-likeness (QED) is 0.593. The Balaban J connectivity index is 1.64. The van der Waals surface area contributed by atoms with Crippen molar-refractivity contribution in [3.8, 4) is 10.4 Å². The maximum atomic E-state index is 12.5. The molecule has 0 saturated heterocycles. The third kappa shape index (κ3) is 4.84. The molecule has 10 heteroatoms. The lowest BCUT2D eigenvalue weighted by molar-refractivity contribution is 0.187. The molecule has 0 bridgehead atoms. The van der Waals surface area contributed by atoms with Gasteiger partial charge in [-0.05, 0) is 49.6 Å². The normalized spacial score (nSPS) is 11.4. The second kappa shape index (κ2) is 8.76. The van der Waals surface area contributed by atoms with Crippen molar-refractivity contribution in [3.63, 3.8) is 0 Å². The van der Waals surface area contributed by atoms with E-state index >= 15 is 0 Å². The molecule has 0 radical (unpaired) electrons. The second-order valence-corrected chi connectivity index (χ2v) is 9.00. The number of carbonyl (C=O) groups excluding carboxylic acids is 1. The average molecular weight is 435 g/mol. The number of sulfonamides is 1. The van der Waals surface area contributed by atoms with Gasteiger partial charge in [0.15, 0.2) is 0 Å². The van der Waals surface area contributed by atoms with Gasteiger partial charge in [0.05, 0.1) is 24.2 Å². The van der Waals surface area contributed by atoms with Crippen molar-refractivity contribution < 1.29 is 17.9 Å². The first-order valence-corrected chi connectivity index (χ1v) is 11.2. The lowest BCUT2D eigenvalue weighted by atomic mass is 10.1. The van der Waals surface area contributed by atoms with E-state index in [0.717, 1.165) is 21.8 Å². The fourth-order valence-corrected chi connectivity index (χ4v) is 4.84. The highest BCUT2D eigenvalue weighted by atomic mass is 32.2. The Morgan fingerprint density at radius 1 is 1.21 bits per heavy atom. The predicted molar refractivity (Wildman–Crippen MR) is 113 cm³/mol. The Hall–Kier alpha value is -2.69. The molecular formula is C19H22N4O4S2. The van der Waals surface area contributed by atoms with Gasteiger partial charge in [0.2, 0.25) is 10.0 Å². The summed E-state index contributed by atoms with van der Waals surface area (Å²) in [4.78, 5) is 12.5. The molecule has 0 saturated carbocycles. The Labute approximate surface area is 173 Å². The maximum absolute atomic E-state index is 12.5. The summed E-state index contributed by atoms with van der Waals surface area (Å²) >= 11 is 1.65. The van der Waals surface area contributed by atoms with Crippen molar-refractivity contribution in [2.75, 3.05) is 19.0 Å². The predicted octanol–water partition coefficient (Wildman–Crippen LogP) is 3.39. The average Bonchev–Trinajstić information content (AvgIpc) is 3.30. The summed E-state index contributed by atoms with van der Waals surface area (Å²) in [5, 5.41) is 9.03. The minimum atomic E-state index is -3.67. The van der Waals surface area contributed by atoms with Crippen LogP contribution in [0.4, 0.5) is 10.5 Å². The van der Waals surface area contributed by atoms with E-state index in [0.29, 0.717) is 12.2 Å². The molecule has 0 atom stereocenters. The molecular weight excluding hydrogens is 412 g/mol. The summed E-state index contributed by atoms with van der Waals surface area (Å²) in [5.41, 5.74) is 3.46. The van der Waals surface area contributed by atoms with Gasteiger partial charge in [-0.1, -0.05) is 6.07 Å². The summed E-state index contributed by atoms with van der Waals surface area (Å²) in [6, 6.07) is 9.89. The number of amides is 1. The monoisotopic (exact) mass is 434 g/mol. The zero-order valence-electron chi connectivity index (χ0n) is 16.3. The highest BCUT2D eigenvalue weighted by Crippen LogP contribution is 2.30. The first-order valence-electron chi connectivity index (χ1n) is 8.84. The Bertz CT molecular complexity index is 1090. The Morgan fingerprint density at radius 2 is 1.93 bits per heavy atom. The number of ether oxygens (including phenoxy) is 1. The smallest absolute Gasteiger partial charge is 0.411 e. The first-order chi connectivity index (χ1) is 13.8. The van der Waals surface area contributed by atoms with E-state index in [2.05, 4.69) is 19.9 Å². The first kappa shape index (κ1) is 21.0. The van der Waals surface area contributed by atoms with Gasteiger partial charge in [0, 0.05) is 28.4 Å². The third-order valence-electron chi connectivity index (χ3n) is 4.36. The van der Waals surface area contributed by atoms with E-state index < -0.39 is 16.1 Å². The van der Waals surface area contributed by atoms with Crippen molar-refractivity contribution in [2.24, 2.45) is 0 Å². The molecule has 0 spiro atoms. The van der Waals surface area contributed by atoms with Crippen LogP contribution in [0.1, 0.15) is 11.4 Å². The van der Waals surface area contributed by atoms with Crippen LogP contribution in [0.3, 0.4) is 0 Å². The number of aromatic nitrogens is 2. The van der Waals surface area contributed by atoms with Gasteiger partial charge < -0.3 is 4.74 Å². The van der Waals surface area contributed by atoms with Crippen molar-refractivity contribution in [2.45, 2.75) is 25.3 Å². The number of hydrogen-bond acceptors (Lipinski definition) is 6. The minimum Gasteiger partial charge on any atom is -0.453 e. The Kier molecular flexibility index (Phi) is 6.36. The van der Waals surface area contributed by atoms with Crippen LogP contribution in [0.15, 0.2) is 46.7 Å². The highest BCUT2D eigenvalue weighted by Gasteiger charge is 2.16. The molecule has 1 aromatic carbocycles. The summed E-state index contributed by atoms with van der Waals surface area (Å²) < 4.78 is 33.9. The number of aryl methyl sites for hydroxylation is 1. The molecule has 3 aromatic rings. The van der Waals surface area contributed by atoms with E-state index in [-0.39, 0.29) is 11.4 Å². The van der Waals surface area contributed by atoms with E-state index in [4.69, 9.17) is 0 Å². The van der Waals surface area contributed by atoms with Gasteiger partial charge in [0.25, 0.3) is 0 Å². The number of nitrogens with zero attached hydrogens (tertiary/aromatic N) is 2. The standard InChI is InChI=1S/C19H22N4O4S2/c1-13-18(17-5-4-12-28-17)14(2)23(22-13)11-10-20-29(25,26)16-8-6-15(7-9-16)21-19(24)27-3/h4-9,12,20H,10-11H2,1-3H3,(H,21,24). The van der Waals surface area contributed by atoms with Crippen LogP contribution < -0.4 is 10.0 Å². The fraction of sp³-hybridized carbons (Fsp3) is 0.263. The largest absolute Gasteiger partial charge is 0.453 e. The highest BCUT2D eigenvalue weighted by molar-refractivity contribution is 7.89. The van der Waals surface area contributed by atoms with Gasteiger partial charge in [0.1, 0.15) is 0 Å². The molecule has 0 unspecified atom stereocenters. The van der Waals surface area contributed by atoms with E-state index in [9.17, 15) is 13.2 Å². The molecule has 29 heavy (non-hydrogen) atoms. The van der Waals surface area contributed by atoms with Crippen LogP contribution >= 0.6 is 11.3 Å². The van der Waals surface area contributed by atoms with Gasteiger partial charge >= 0.3 is 6.09 Å². The molecule has 154 valence electrons.